The molecule has 25 heavy (non-hydrogen) atoms. The van der Waals surface area contributed by atoms with E-state index in [9.17, 15) is 4.79 Å². The Morgan fingerprint density at radius 1 is 1.40 bits per heavy atom. The van der Waals surface area contributed by atoms with Gasteiger partial charge in [0.25, 0.3) is 0 Å². The number of aryl methyl sites for hydroxylation is 2. The summed E-state index contributed by atoms with van der Waals surface area (Å²) in [5.41, 5.74) is 1.08. The molecule has 2 aromatic rings. The Bertz CT molecular complexity index is 731. The normalized spacial score (nSPS) is 20.0. The summed E-state index contributed by atoms with van der Waals surface area (Å²) in [6, 6.07) is 7.68. The summed E-state index contributed by atoms with van der Waals surface area (Å²) in [6.07, 6.45) is 1.84. The number of aromatic nitrogens is 3. The predicted molar refractivity (Wildman–Crippen MR) is 92.3 cm³/mol. The van der Waals surface area contributed by atoms with Gasteiger partial charge in [-0.1, -0.05) is 12.1 Å². The van der Waals surface area contributed by atoms with E-state index in [2.05, 4.69) is 15.2 Å². The van der Waals surface area contributed by atoms with Crippen LogP contribution in [-0.4, -0.2) is 52.9 Å². The molecule has 0 radical (unpaired) electrons. The van der Waals surface area contributed by atoms with E-state index >= 15 is 0 Å². The average Bonchev–Trinajstić information content (AvgIpc) is 3.25. The molecule has 1 saturated heterocycles. The number of rotatable bonds is 6. The summed E-state index contributed by atoms with van der Waals surface area (Å²) in [5.74, 6) is 2.31. The number of likely N-dealkylation sites (tertiary alicyclic amines) is 1. The van der Waals surface area contributed by atoms with Crippen LogP contribution in [0, 0.1) is 6.92 Å². The van der Waals surface area contributed by atoms with Crippen molar-refractivity contribution < 1.29 is 14.3 Å². The Labute approximate surface area is 147 Å². The molecule has 2 heterocycles. The Morgan fingerprint density at radius 3 is 2.92 bits per heavy atom. The minimum Gasteiger partial charge on any atom is -0.497 e. The van der Waals surface area contributed by atoms with Crippen molar-refractivity contribution in [1.29, 1.82) is 0 Å². The SMILES string of the molecule is COc1cccc(CCC(=O)N2C[C@H](OC)C[C@H]2c2n[nH]c(C)n2)c1. The van der Waals surface area contributed by atoms with Crippen LogP contribution >= 0.6 is 0 Å². The molecule has 3 rings (SSSR count). The molecule has 7 nitrogen and oxygen atoms in total. The molecular weight excluding hydrogens is 320 g/mol. The molecule has 0 spiro atoms. The lowest BCUT2D eigenvalue weighted by molar-refractivity contribution is -0.132. The molecule has 0 aliphatic carbocycles. The van der Waals surface area contributed by atoms with Crippen molar-refractivity contribution >= 4 is 5.91 Å². The second-order valence-electron chi connectivity index (χ2n) is 6.29. The van der Waals surface area contributed by atoms with Crippen molar-refractivity contribution in [2.45, 2.75) is 38.3 Å². The number of carbonyl (C=O) groups excluding carboxylic acids is 1. The van der Waals surface area contributed by atoms with Gasteiger partial charge in [-0.2, -0.15) is 5.10 Å². The molecule has 1 amide bonds. The Morgan fingerprint density at radius 2 is 2.24 bits per heavy atom. The third-order valence-electron chi connectivity index (χ3n) is 4.59. The fourth-order valence-corrected chi connectivity index (χ4v) is 3.22. The number of methoxy groups -OCH3 is 2. The van der Waals surface area contributed by atoms with Crippen LogP contribution in [0.5, 0.6) is 5.75 Å². The van der Waals surface area contributed by atoms with Gasteiger partial charge in [0, 0.05) is 26.5 Å². The molecule has 1 aliphatic heterocycles. The maximum absolute atomic E-state index is 12.8. The number of nitrogens with one attached hydrogen (secondary N) is 1. The number of H-pyrrole nitrogens is 1. The Kier molecular flexibility index (Phi) is 5.33. The van der Waals surface area contributed by atoms with Crippen LogP contribution in [0.15, 0.2) is 24.3 Å². The maximum atomic E-state index is 12.8. The molecule has 7 heteroatoms. The van der Waals surface area contributed by atoms with Crippen LogP contribution in [0.4, 0.5) is 0 Å². The fourth-order valence-electron chi connectivity index (χ4n) is 3.22. The number of hydrogen-bond acceptors (Lipinski definition) is 5. The molecule has 0 unspecified atom stereocenters. The van der Waals surface area contributed by atoms with E-state index in [-0.39, 0.29) is 18.1 Å². The van der Waals surface area contributed by atoms with E-state index in [1.807, 2.05) is 36.1 Å². The summed E-state index contributed by atoms with van der Waals surface area (Å²) >= 11 is 0. The number of carbonyl (C=O) groups is 1. The fraction of sp³-hybridized carbons (Fsp3) is 0.500. The molecule has 1 aliphatic rings. The summed E-state index contributed by atoms with van der Waals surface area (Å²) in [4.78, 5) is 19.0. The van der Waals surface area contributed by atoms with E-state index in [1.54, 1.807) is 14.2 Å². The second kappa shape index (κ2) is 7.65. The quantitative estimate of drug-likeness (QED) is 0.867. The van der Waals surface area contributed by atoms with Crippen molar-refractivity contribution in [1.82, 2.24) is 20.1 Å². The highest BCUT2D eigenvalue weighted by Gasteiger charge is 2.38. The van der Waals surface area contributed by atoms with E-state index in [1.165, 1.54) is 0 Å². The first-order valence-electron chi connectivity index (χ1n) is 8.44. The zero-order chi connectivity index (χ0) is 17.8. The van der Waals surface area contributed by atoms with Crippen molar-refractivity contribution in [3.63, 3.8) is 0 Å². The molecular formula is C18H24N4O3. The summed E-state index contributed by atoms with van der Waals surface area (Å²) in [7, 11) is 3.32. The third kappa shape index (κ3) is 3.99. The van der Waals surface area contributed by atoms with Gasteiger partial charge < -0.3 is 14.4 Å². The number of ether oxygens (including phenoxy) is 2. The van der Waals surface area contributed by atoms with Crippen LogP contribution in [0.25, 0.3) is 0 Å². The number of aromatic amines is 1. The van der Waals surface area contributed by atoms with Crippen molar-refractivity contribution in [2.24, 2.45) is 0 Å². The predicted octanol–water partition coefficient (Wildman–Crippen LogP) is 2.04. The van der Waals surface area contributed by atoms with Crippen molar-refractivity contribution in [3.8, 4) is 5.75 Å². The number of amides is 1. The van der Waals surface area contributed by atoms with Crippen LogP contribution in [0.1, 0.15) is 36.1 Å². The van der Waals surface area contributed by atoms with Crippen molar-refractivity contribution in [2.75, 3.05) is 20.8 Å². The minimum atomic E-state index is -0.132. The van der Waals surface area contributed by atoms with E-state index in [0.29, 0.717) is 25.2 Å². The van der Waals surface area contributed by atoms with Gasteiger partial charge in [-0.15, -0.1) is 0 Å². The molecule has 1 aromatic carbocycles. The van der Waals surface area contributed by atoms with Gasteiger partial charge in [0.05, 0.1) is 19.3 Å². The van der Waals surface area contributed by atoms with Gasteiger partial charge in [-0.3, -0.25) is 9.89 Å². The van der Waals surface area contributed by atoms with E-state index in [0.717, 1.165) is 23.6 Å². The first-order valence-corrected chi connectivity index (χ1v) is 8.44. The molecule has 1 aromatic heterocycles. The second-order valence-corrected chi connectivity index (χ2v) is 6.29. The van der Waals surface area contributed by atoms with Crippen LogP contribution in [-0.2, 0) is 16.0 Å². The number of hydrogen-bond donors (Lipinski definition) is 1. The highest BCUT2D eigenvalue weighted by molar-refractivity contribution is 5.77. The van der Waals surface area contributed by atoms with E-state index in [4.69, 9.17) is 9.47 Å². The van der Waals surface area contributed by atoms with Crippen molar-refractivity contribution in [3.05, 3.63) is 41.5 Å². The Balaban J connectivity index is 1.68. The third-order valence-corrected chi connectivity index (χ3v) is 4.59. The topological polar surface area (TPSA) is 80.3 Å². The molecule has 0 bridgehead atoms. The summed E-state index contributed by atoms with van der Waals surface area (Å²) in [5, 5.41) is 7.09. The van der Waals surface area contributed by atoms with Gasteiger partial charge in [-0.25, -0.2) is 4.98 Å². The molecule has 1 N–H and O–H groups in total. The van der Waals surface area contributed by atoms with Gasteiger partial charge in [0.2, 0.25) is 5.91 Å². The number of benzene rings is 1. The zero-order valence-electron chi connectivity index (χ0n) is 14.9. The highest BCUT2D eigenvalue weighted by Crippen LogP contribution is 2.32. The average molecular weight is 344 g/mol. The zero-order valence-corrected chi connectivity index (χ0v) is 14.9. The Hall–Kier alpha value is -2.41. The maximum Gasteiger partial charge on any atom is 0.223 e. The van der Waals surface area contributed by atoms with Gasteiger partial charge in [-0.05, 0) is 31.0 Å². The lowest BCUT2D eigenvalue weighted by Crippen LogP contribution is -2.32. The molecule has 0 saturated carbocycles. The smallest absolute Gasteiger partial charge is 0.223 e. The standard InChI is InChI=1S/C18H24N4O3/c1-12-19-18(21-20-12)16-10-15(25-3)11-22(16)17(23)8-7-13-5-4-6-14(9-13)24-2/h4-6,9,15-16H,7-8,10-11H2,1-3H3,(H,19,20,21)/t15-,16+/m1/s1. The first kappa shape index (κ1) is 17.4. The monoisotopic (exact) mass is 344 g/mol. The highest BCUT2D eigenvalue weighted by atomic mass is 16.5. The van der Waals surface area contributed by atoms with Crippen LogP contribution in [0.3, 0.4) is 0 Å². The van der Waals surface area contributed by atoms with E-state index < -0.39 is 0 Å². The lowest BCUT2D eigenvalue weighted by atomic mass is 10.1. The minimum absolute atomic E-state index is 0.0181. The number of nitrogens with zero attached hydrogens (tertiary/aromatic N) is 3. The summed E-state index contributed by atoms with van der Waals surface area (Å²) < 4.78 is 10.7. The molecule has 2 atom stereocenters. The van der Waals surface area contributed by atoms with Gasteiger partial charge >= 0.3 is 0 Å². The van der Waals surface area contributed by atoms with Gasteiger partial charge in [0.15, 0.2) is 5.82 Å². The molecule has 1 fully saturated rings. The largest absolute Gasteiger partial charge is 0.497 e. The molecule has 134 valence electrons. The van der Waals surface area contributed by atoms with Gasteiger partial charge in [0.1, 0.15) is 11.6 Å². The lowest BCUT2D eigenvalue weighted by Gasteiger charge is -2.22. The van der Waals surface area contributed by atoms with Crippen LogP contribution in [0.2, 0.25) is 0 Å². The van der Waals surface area contributed by atoms with Crippen LogP contribution < -0.4 is 4.74 Å². The first-order chi connectivity index (χ1) is 12.1. The summed E-state index contributed by atoms with van der Waals surface area (Å²) in [6.45, 7) is 2.43.